The number of aliphatic hydroxyl groups is 1. The van der Waals surface area contributed by atoms with Crippen molar-refractivity contribution >= 4 is 22.5 Å². The topological polar surface area (TPSA) is 33.1 Å². The van der Waals surface area contributed by atoms with Crippen LogP contribution in [0.4, 0.5) is 4.39 Å². The number of hydrogen-bond donors (Lipinski definition) is 1. The largest absolute Gasteiger partial charge is 0.383 e. The van der Waals surface area contributed by atoms with Crippen LogP contribution in [0.1, 0.15) is 17.2 Å². The minimum atomic E-state index is -1.13. The van der Waals surface area contributed by atoms with E-state index in [0.29, 0.717) is 5.56 Å². The Kier molecular flexibility index (Phi) is 3.38. The normalized spacial score (nSPS) is 12.6. The summed E-state index contributed by atoms with van der Waals surface area (Å²) in [6, 6.07) is 13.4. The maximum atomic E-state index is 13.9. The molecular formula is C16H11ClFNO. The Hall–Kier alpha value is -1.97. The molecule has 0 spiro atoms. The van der Waals surface area contributed by atoms with Crippen molar-refractivity contribution in [2.45, 2.75) is 6.10 Å². The Bertz CT molecular complexity index is 750. The van der Waals surface area contributed by atoms with E-state index in [1.165, 1.54) is 12.1 Å². The molecule has 100 valence electrons. The van der Waals surface area contributed by atoms with E-state index in [1.54, 1.807) is 30.5 Å². The highest BCUT2D eigenvalue weighted by Gasteiger charge is 2.20. The molecule has 0 aliphatic heterocycles. The molecule has 0 radical (unpaired) electrons. The molecule has 2 nitrogen and oxygen atoms in total. The van der Waals surface area contributed by atoms with Gasteiger partial charge in [-0.2, -0.15) is 0 Å². The Labute approximate surface area is 120 Å². The van der Waals surface area contributed by atoms with Gasteiger partial charge in [0.2, 0.25) is 0 Å². The fourth-order valence-corrected chi connectivity index (χ4v) is 2.56. The van der Waals surface area contributed by atoms with E-state index in [-0.39, 0.29) is 10.6 Å². The summed E-state index contributed by atoms with van der Waals surface area (Å²) in [6.45, 7) is 0. The zero-order chi connectivity index (χ0) is 14.1. The molecule has 4 heteroatoms. The first kappa shape index (κ1) is 13.0. The number of hydrogen-bond acceptors (Lipinski definition) is 2. The van der Waals surface area contributed by atoms with Crippen molar-refractivity contribution in [1.82, 2.24) is 4.98 Å². The van der Waals surface area contributed by atoms with Gasteiger partial charge in [0.15, 0.2) is 0 Å². The highest BCUT2D eigenvalue weighted by atomic mass is 35.5. The predicted molar refractivity (Wildman–Crippen MR) is 77.2 cm³/mol. The van der Waals surface area contributed by atoms with Gasteiger partial charge in [0.25, 0.3) is 0 Å². The van der Waals surface area contributed by atoms with E-state index in [1.807, 2.05) is 12.1 Å². The van der Waals surface area contributed by atoms with Gasteiger partial charge in [-0.15, -0.1) is 0 Å². The van der Waals surface area contributed by atoms with Crippen molar-refractivity contribution in [3.05, 3.63) is 76.7 Å². The highest BCUT2D eigenvalue weighted by Crippen LogP contribution is 2.33. The summed E-state index contributed by atoms with van der Waals surface area (Å²) in [5.74, 6) is -0.522. The molecular weight excluding hydrogens is 277 g/mol. The van der Waals surface area contributed by atoms with Crippen LogP contribution in [0.3, 0.4) is 0 Å². The van der Waals surface area contributed by atoms with E-state index < -0.39 is 11.9 Å². The van der Waals surface area contributed by atoms with Crippen LogP contribution in [0.5, 0.6) is 0 Å². The van der Waals surface area contributed by atoms with Crippen LogP contribution in [0.2, 0.25) is 5.02 Å². The first-order chi connectivity index (χ1) is 9.68. The number of rotatable bonds is 2. The lowest BCUT2D eigenvalue weighted by atomic mass is 9.97. The molecule has 1 N–H and O–H groups in total. The van der Waals surface area contributed by atoms with E-state index in [0.717, 1.165) is 10.9 Å². The summed E-state index contributed by atoms with van der Waals surface area (Å²) < 4.78 is 13.9. The molecule has 0 aliphatic carbocycles. The minimum Gasteiger partial charge on any atom is -0.383 e. The SMILES string of the molecule is OC(c1c(F)cccc1Cl)c1cccc2ncccc12. The van der Waals surface area contributed by atoms with Gasteiger partial charge in [-0.05, 0) is 29.8 Å². The smallest absolute Gasteiger partial charge is 0.130 e. The summed E-state index contributed by atoms with van der Waals surface area (Å²) in [6.07, 6.45) is 0.547. The average Bonchev–Trinajstić information content (AvgIpc) is 2.46. The Morgan fingerprint density at radius 2 is 1.85 bits per heavy atom. The molecule has 0 fully saturated rings. The molecule has 20 heavy (non-hydrogen) atoms. The molecule has 1 heterocycles. The number of aromatic nitrogens is 1. The third-order valence-corrected chi connectivity index (χ3v) is 3.58. The molecule has 1 aromatic heterocycles. The third kappa shape index (κ3) is 2.15. The molecule has 0 aliphatic rings. The fraction of sp³-hybridized carbons (Fsp3) is 0.0625. The summed E-state index contributed by atoms with van der Waals surface area (Å²) in [5.41, 5.74) is 1.42. The number of benzene rings is 2. The van der Waals surface area contributed by atoms with Crippen LogP contribution in [0.15, 0.2) is 54.7 Å². The van der Waals surface area contributed by atoms with Gasteiger partial charge < -0.3 is 5.11 Å². The second-order valence-corrected chi connectivity index (χ2v) is 4.86. The molecule has 0 saturated carbocycles. The average molecular weight is 288 g/mol. The summed E-state index contributed by atoms with van der Waals surface area (Å²) >= 11 is 6.01. The monoisotopic (exact) mass is 287 g/mol. The van der Waals surface area contributed by atoms with Gasteiger partial charge in [-0.1, -0.05) is 35.9 Å². The van der Waals surface area contributed by atoms with Crippen molar-refractivity contribution in [1.29, 1.82) is 0 Å². The maximum absolute atomic E-state index is 13.9. The standard InChI is InChI=1S/C16H11ClFNO/c17-12-6-2-7-13(18)15(12)16(20)11-4-1-8-14-10(11)5-3-9-19-14/h1-9,16,20H. The molecule has 1 unspecified atom stereocenters. The van der Waals surface area contributed by atoms with Crippen LogP contribution < -0.4 is 0 Å². The lowest BCUT2D eigenvalue weighted by Crippen LogP contribution is -2.04. The van der Waals surface area contributed by atoms with E-state index in [2.05, 4.69) is 4.98 Å². The van der Waals surface area contributed by atoms with Crippen molar-refractivity contribution in [3.8, 4) is 0 Å². The lowest BCUT2D eigenvalue weighted by molar-refractivity contribution is 0.216. The Morgan fingerprint density at radius 3 is 2.65 bits per heavy atom. The number of nitrogens with zero attached hydrogens (tertiary/aromatic N) is 1. The summed E-state index contributed by atoms with van der Waals surface area (Å²) in [5, 5.41) is 11.5. The van der Waals surface area contributed by atoms with Crippen LogP contribution in [-0.2, 0) is 0 Å². The van der Waals surface area contributed by atoms with Crippen LogP contribution in [0.25, 0.3) is 10.9 Å². The molecule has 0 amide bonds. The Morgan fingerprint density at radius 1 is 1.05 bits per heavy atom. The Balaban J connectivity index is 2.21. The fourth-order valence-electron chi connectivity index (χ4n) is 2.29. The van der Waals surface area contributed by atoms with Gasteiger partial charge in [0.1, 0.15) is 11.9 Å². The first-order valence-corrected chi connectivity index (χ1v) is 6.52. The van der Waals surface area contributed by atoms with Crippen LogP contribution >= 0.6 is 11.6 Å². The van der Waals surface area contributed by atoms with Crippen molar-refractivity contribution < 1.29 is 9.50 Å². The first-order valence-electron chi connectivity index (χ1n) is 6.14. The zero-order valence-corrected chi connectivity index (χ0v) is 11.2. The number of aliphatic hydroxyl groups excluding tert-OH is 1. The van der Waals surface area contributed by atoms with Gasteiger partial charge >= 0.3 is 0 Å². The third-order valence-electron chi connectivity index (χ3n) is 3.25. The molecule has 0 bridgehead atoms. The molecule has 3 aromatic rings. The quantitative estimate of drug-likeness (QED) is 0.769. The van der Waals surface area contributed by atoms with Gasteiger partial charge in [0.05, 0.1) is 5.52 Å². The summed E-state index contributed by atoms with van der Waals surface area (Å²) in [7, 11) is 0. The molecule has 2 aromatic carbocycles. The van der Waals surface area contributed by atoms with Gasteiger partial charge in [0, 0.05) is 22.2 Å². The highest BCUT2D eigenvalue weighted by molar-refractivity contribution is 6.31. The van der Waals surface area contributed by atoms with Crippen LogP contribution in [0, 0.1) is 5.82 Å². The van der Waals surface area contributed by atoms with Crippen molar-refractivity contribution in [2.24, 2.45) is 0 Å². The van der Waals surface area contributed by atoms with Gasteiger partial charge in [-0.25, -0.2) is 4.39 Å². The second-order valence-electron chi connectivity index (χ2n) is 4.46. The number of pyridine rings is 1. The molecule has 3 rings (SSSR count). The lowest BCUT2D eigenvalue weighted by Gasteiger charge is -2.16. The van der Waals surface area contributed by atoms with Gasteiger partial charge in [-0.3, -0.25) is 4.98 Å². The second kappa shape index (κ2) is 5.19. The van der Waals surface area contributed by atoms with Crippen molar-refractivity contribution in [3.63, 3.8) is 0 Å². The molecule has 1 atom stereocenters. The molecule has 0 saturated heterocycles. The minimum absolute atomic E-state index is 0.0884. The summed E-state index contributed by atoms with van der Waals surface area (Å²) in [4.78, 5) is 4.22. The zero-order valence-electron chi connectivity index (χ0n) is 10.4. The predicted octanol–water partition coefficient (Wildman–Crippen LogP) is 4.11. The van der Waals surface area contributed by atoms with Crippen LogP contribution in [-0.4, -0.2) is 10.1 Å². The van der Waals surface area contributed by atoms with E-state index in [9.17, 15) is 9.50 Å². The van der Waals surface area contributed by atoms with E-state index >= 15 is 0 Å². The van der Waals surface area contributed by atoms with E-state index in [4.69, 9.17) is 11.6 Å². The number of halogens is 2. The number of fused-ring (bicyclic) bond motifs is 1. The maximum Gasteiger partial charge on any atom is 0.130 e. The van der Waals surface area contributed by atoms with Crippen molar-refractivity contribution in [2.75, 3.05) is 0 Å².